The molecule has 0 aliphatic heterocycles. The molecule has 3 aromatic rings. The molecular formula is C16H15BrN2O2S. The molecule has 2 heterocycles. The molecule has 0 fully saturated rings. The topological polar surface area (TPSA) is 55.0 Å². The predicted octanol–water partition coefficient (Wildman–Crippen LogP) is 3.91. The molecule has 22 heavy (non-hydrogen) atoms. The number of thiophene rings is 1. The number of aromatic nitrogens is 2. The average molecular weight is 379 g/mol. The van der Waals surface area contributed by atoms with Gasteiger partial charge in [0.05, 0.1) is 12.5 Å². The monoisotopic (exact) mass is 378 g/mol. The number of rotatable bonds is 4. The number of alkyl halides is 1. The Morgan fingerprint density at radius 2 is 2.23 bits per heavy atom. The zero-order chi connectivity index (χ0) is 15.7. The maximum absolute atomic E-state index is 12.4. The fraction of sp³-hybridized carbons (Fsp3) is 0.250. The third kappa shape index (κ3) is 2.68. The molecule has 0 amide bonds. The summed E-state index contributed by atoms with van der Waals surface area (Å²) in [7, 11) is 1.65. The minimum absolute atomic E-state index is 0.0781. The molecule has 1 N–H and O–H groups in total. The lowest BCUT2D eigenvalue weighted by Gasteiger charge is -2.07. The van der Waals surface area contributed by atoms with Crippen LogP contribution in [0.5, 0.6) is 5.75 Å². The van der Waals surface area contributed by atoms with Crippen molar-refractivity contribution in [2.75, 3.05) is 12.4 Å². The van der Waals surface area contributed by atoms with E-state index in [1.165, 1.54) is 11.3 Å². The number of halogens is 1. The number of ether oxygens (including phenoxy) is 1. The van der Waals surface area contributed by atoms with Crippen LogP contribution in [-0.2, 0) is 6.42 Å². The van der Waals surface area contributed by atoms with Gasteiger partial charge in [0.2, 0.25) is 0 Å². The number of methoxy groups -OCH3 is 1. The van der Waals surface area contributed by atoms with Crippen molar-refractivity contribution in [2.45, 2.75) is 13.3 Å². The molecule has 2 aromatic heterocycles. The van der Waals surface area contributed by atoms with E-state index < -0.39 is 0 Å². The zero-order valence-corrected chi connectivity index (χ0v) is 14.7. The number of nitrogens with zero attached hydrogens (tertiary/aromatic N) is 1. The van der Waals surface area contributed by atoms with Crippen LogP contribution in [0.25, 0.3) is 21.3 Å². The Hall–Kier alpha value is -1.66. The fourth-order valence-corrected chi connectivity index (χ4v) is 3.80. The highest BCUT2D eigenvalue weighted by atomic mass is 79.9. The first-order chi connectivity index (χ1) is 10.6. The first-order valence-electron chi connectivity index (χ1n) is 6.85. The van der Waals surface area contributed by atoms with Gasteiger partial charge in [-0.25, -0.2) is 4.98 Å². The van der Waals surface area contributed by atoms with E-state index in [9.17, 15) is 4.79 Å². The Bertz CT molecular complexity index is 885. The number of aryl methyl sites for hydroxylation is 2. The second-order valence-corrected chi connectivity index (χ2v) is 6.62. The Kier molecular flexibility index (Phi) is 4.31. The van der Waals surface area contributed by atoms with Gasteiger partial charge in [-0.3, -0.25) is 4.79 Å². The van der Waals surface area contributed by atoms with Crippen LogP contribution in [0.3, 0.4) is 0 Å². The second-order valence-electron chi connectivity index (χ2n) is 4.97. The molecule has 0 aliphatic rings. The lowest BCUT2D eigenvalue weighted by Crippen LogP contribution is -2.11. The van der Waals surface area contributed by atoms with Gasteiger partial charge in [0.25, 0.3) is 5.56 Å². The third-order valence-corrected chi connectivity index (χ3v) is 4.80. The smallest absolute Gasteiger partial charge is 0.260 e. The van der Waals surface area contributed by atoms with Crippen LogP contribution in [0.15, 0.2) is 28.4 Å². The molecule has 0 saturated heterocycles. The molecule has 6 heteroatoms. The van der Waals surface area contributed by atoms with Gasteiger partial charge in [-0.2, -0.15) is 0 Å². The largest absolute Gasteiger partial charge is 0.496 e. The van der Waals surface area contributed by atoms with Crippen LogP contribution in [-0.4, -0.2) is 22.4 Å². The quantitative estimate of drug-likeness (QED) is 0.700. The molecule has 4 nitrogen and oxygen atoms in total. The molecule has 1 aromatic carbocycles. The summed E-state index contributed by atoms with van der Waals surface area (Å²) in [6, 6.07) is 5.93. The zero-order valence-electron chi connectivity index (χ0n) is 12.3. The molecule has 0 unspecified atom stereocenters. The summed E-state index contributed by atoms with van der Waals surface area (Å²) >= 11 is 4.87. The highest BCUT2D eigenvalue weighted by molar-refractivity contribution is 9.09. The Balaban J connectivity index is 2.16. The second kappa shape index (κ2) is 6.22. The summed E-state index contributed by atoms with van der Waals surface area (Å²) in [6.07, 6.45) is 0.708. The summed E-state index contributed by atoms with van der Waals surface area (Å²) in [5.41, 5.74) is 2.89. The van der Waals surface area contributed by atoms with Crippen molar-refractivity contribution in [3.63, 3.8) is 0 Å². The van der Waals surface area contributed by atoms with Crippen LogP contribution in [0.4, 0.5) is 0 Å². The SMILES string of the molecule is COc1ccc(-c2csc3nc(CCBr)[nH]c(=O)c23)cc1C. The van der Waals surface area contributed by atoms with Gasteiger partial charge in [0.1, 0.15) is 16.4 Å². The Morgan fingerprint density at radius 1 is 1.41 bits per heavy atom. The molecule has 0 atom stereocenters. The number of fused-ring (bicyclic) bond motifs is 1. The number of hydrogen-bond donors (Lipinski definition) is 1. The lowest BCUT2D eigenvalue weighted by atomic mass is 10.0. The van der Waals surface area contributed by atoms with E-state index in [0.29, 0.717) is 17.6 Å². The van der Waals surface area contributed by atoms with Crippen LogP contribution in [0, 0.1) is 6.92 Å². The van der Waals surface area contributed by atoms with E-state index in [4.69, 9.17) is 4.74 Å². The van der Waals surface area contributed by atoms with Crippen molar-refractivity contribution < 1.29 is 4.74 Å². The summed E-state index contributed by atoms with van der Waals surface area (Å²) in [5.74, 6) is 1.56. The maximum atomic E-state index is 12.4. The number of hydrogen-bond acceptors (Lipinski definition) is 4. The highest BCUT2D eigenvalue weighted by Crippen LogP contribution is 2.33. The van der Waals surface area contributed by atoms with E-state index in [1.807, 2.05) is 30.5 Å². The van der Waals surface area contributed by atoms with E-state index >= 15 is 0 Å². The minimum atomic E-state index is -0.0781. The Labute approximate surface area is 140 Å². The minimum Gasteiger partial charge on any atom is -0.496 e. The summed E-state index contributed by atoms with van der Waals surface area (Å²) < 4.78 is 5.29. The van der Waals surface area contributed by atoms with Crippen molar-refractivity contribution >= 4 is 37.5 Å². The van der Waals surface area contributed by atoms with Crippen molar-refractivity contribution in [1.82, 2.24) is 9.97 Å². The van der Waals surface area contributed by atoms with E-state index in [-0.39, 0.29) is 5.56 Å². The normalized spacial score (nSPS) is 11.0. The van der Waals surface area contributed by atoms with Gasteiger partial charge >= 0.3 is 0 Å². The molecule has 0 spiro atoms. The van der Waals surface area contributed by atoms with Crippen LogP contribution >= 0.6 is 27.3 Å². The molecule has 3 rings (SSSR count). The number of benzene rings is 1. The summed E-state index contributed by atoms with van der Waals surface area (Å²) in [4.78, 5) is 20.6. The van der Waals surface area contributed by atoms with Crippen molar-refractivity contribution in [3.8, 4) is 16.9 Å². The fourth-order valence-electron chi connectivity index (χ4n) is 2.46. The third-order valence-electron chi connectivity index (χ3n) is 3.53. The first-order valence-corrected chi connectivity index (χ1v) is 8.85. The van der Waals surface area contributed by atoms with Crippen LogP contribution in [0.2, 0.25) is 0 Å². The number of H-pyrrole nitrogens is 1. The van der Waals surface area contributed by atoms with Crippen molar-refractivity contribution in [1.29, 1.82) is 0 Å². The van der Waals surface area contributed by atoms with E-state index in [2.05, 4.69) is 25.9 Å². The standard InChI is InChI=1S/C16H15BrN2O2S/c1-9-7-10(3-4-12(9)21-2)11-8-22-16-14(11)15(20)18-13(19-16)5-6-17/h3-4,7-8H,5-6H2,1-2H3,(H,18,19,20). The highest BCUT2D eigenvalue weighted by Gasteiger charge is 2.13. The maximum Gasteiger partial charge on any atom is 0.260 e. The van der Waals surface area contributed by atoms with Crippen LogP contribution < -0.4 is 10.3 Å². The van der Waals surface area contributed by atoms with Crippen LogP contribution in [0.1, 0.15) is 11.4 Å². The van der Waals surface area contributed by atoms with Gasteiger partial charge in [0.15, 0.2) is 0 Å². The molecule has 0 saturated carbocycles. The summed E-state index contributed by atoms with van der Waals surface area (Å²) in [5, 5.41) is 3.43. The van der Waals surface area contributed by atoms with E-state index in [1.54, 1.807) is 7.11 Å². The summed E-state index contributed by atoms with van der Waals surface area (Å²) in [6.45, 7) is 1.99. The Morgan fingerprint density at radius 3 is 2.91 bits per heavy atom. The molecule has 0 radical (unpaired) electrons. The molecular weight excluding hydrogens is 364 g/mol. The van der Waals surface area contributed by atoms with Crippen molar-refractivity contribution in [2.24, 2.45) is 0 Å². The first kappa shape index (κ1) is 15.2. The average Bonchev–Trinajstić information content (AvgIpc) is 2.92. The predicted molar refractivity (Wildman–Crippen MR) is 94.5 cm³/mol. The number of nitrogens with one attached hydrogen (secondary N) is 1. The van der Waals surface area contributed by atoms with Gasteiger partial charge in [-0.05, 0) is 30.2 Å². The van der Waals surface area contributed by atoms with Gasteiger partial charge < -0.3 is 9.72 Å². The van der Waals surface area contributed by atoms with Crippen molar-refractivity contribution in [3.05, 3.63) is 45.3 Å². The number of aromatic amines is 1. The van der Waals surface area contributed by atoms with Gasteiger partial charge in [-0.1, -0.05) is 22.0 Å². The van der Waals surface area contributed by atoms with Gasteiger partial charge in [-0.15, -0.1) is 11.3 Å². The molecule has 0 aliphatic carbocycles. The molecule has 0 bridgehead atoms. The van der Waals surface area contributed by atoms with E-state index in [0.717, 1.165) is 32.6 Å². The lowest BCUT2D eigenvalue weighted by molar-refractivity contribution is 0.412. The molecule has 114 valence electrons. The van der Waals surface area contributed by atoms with Gasteiger partial charge in [0, 0.05) is 22.7 Å².